The molecule has 168 valence electrons. The minimum Gasteiger partial charge on any atom is -0.490 e. The number of unbranched alkanes of at least 4 members (excludes halogenated alkanes) is 1. The average Bonchev–Trinajstić information content (AvgIpc) is 2.73. The van der Waals surface area contributed by atoms with Crippen LogP contribution in [0.5, 0.6) is 17.4 Å². The maximum absolute atomic E-state index is 6.24. The smallest absolute Gasteiger partial charge is 0.213 e. The Balaban J connectivity index is 1.69. The lowest BCUT2D eigenvalue weighted by atomic mass is 10.2. The average molecular weight is 508 g/mol. The predicted molar refractivity (Wildman–Crippen MR) is 125 cm³/mol. The standard InChI is InChI=1S/C21H22Cl4N2O4/c1-28-27-8-6-15-4-5-20(26-14-15)30-9-2-3-10-31-21-17(22)12-16(13-18(21)23)29-11-7-19(24)25/h4-5,7-8,12-14H,2-3,6,9-11H2,1H3. The summed E-state index contributed by atoms with van der Waals surface area (Å²) < 4.78 is 16.9. The van der Waals surface area contributed by atoms with Crippen LogP contribution in [-0.4, -0.2) is 38.1 Å². The van der Waals surface area contributed by atoms with Crippen LogP contribution in [0.15, 0.2) is 46.2 Å². The van der Waals surface area contributed by atoms with E-state index in [-0.39, 0.29) is 11.1 Å². The van der Waals surface area contributed by atoms with Gasteiger partial charge in [0.05, 0.1) is 23.3 Å². The molecule has 0 aliphatic rings. The number of benzene rings is 1. The van der Waals surface area contributed by atoms with E-state index in [2.05, 4.69) is 15.0 Å². The fourth-order valence-electron chi connectivity index (χ4n) is 2.35. The van der Waals surface area contributed by atoms with Crippen LogP contribution in [0.25, 0.3) is 0 Å². The zero-order valence-electron chi connectivity index (χ0n) is 16.8. The Labute approximate surface area is 201 Å². The second-order valence-corrected chi connectivity index (χ2v) is 7.93. The topological polar surface area (TPSA) is 62.2 Å². The van der Waals surface area contributed by atoms with Crippen molar-refractivity contribution in [3.63, 3.8) is 0 Å². The lowest BCUT2D eigenvalue weighted by Gasteiger charge is -2.12. The van der Waals surface area contributed by atoms with E-state index < -0.39 is 0 Å². The van der Waals surface area contributed by atoms with Gasteiger partial charge < -0.3 is 19.0 Å². The highest BCUT2D eigenvalue weighted by molar-refractivity contribution is 6.55. The van der Waals surface area contributed by atoms with Gasteiger partial charge in [0.15, 0.2) is 5.75 Å². The molecule has 0 atom stereocenters. The molecule has 0 aliphatic heterocycles. The van der Waals surface area contributed by atoms with Gasteiger partial charge in [-0.25, -0.2) is 4.98 Å². The molecule has 0 saturated carbocycles. The van der Waals surface area contributed by atoms with Crippen LogP contribution >= 0.6 is 46.4 Å². The molecule has 0 saturated heterocycles. The number of ether oxygens (including phenoxy) is 3. The van der Waals surface area contributed by atoms with Gasteiger partial charge in [-0.2, -0.15) is 0 Å². The molecule has 0 fully saturated rings. The minimum absolute atomic E-state index is 0.127. The van der Waals surface area contributed by atoms with Crippen LogP contribution in [0.2, 0.25) is 10.0 Å². The van der Waals surface area contributed by atoms with Crippen molar-refractivity contribution in [1.29, 1.82) is 0 Å². The number of halogens is 4. The summed E-state index contributed by atoms with van der Waals surface area (Å²) in [6.45, 7) is 1.17. The van der Waals surface area contributed by atoms with Gasteiger partial charge in [0.1, 0.15) is 24.0 Å². The number of aromatic nitrogens is 1. The fraction of sp³-hybridized carbons (Fsp3) is 0.333. The first kappa shape index (κ1) is 25.4. The van der Waals surface area contributed by atoms with Crippen LogP contribution < -0.4 is 14.2 Å². The normalized spacial score (nSPS) is 10.7. The molecule has 0 spiro atoms. The number of hydrogen-bond acceptors (Lipinski definition) is 6. The van der Waals surface area contributed by atoms with Gasteiger partial charge in [-0.15, -0.1) is 0 Å². The van der Waals surface area contributed by atoms with Crippen molar-refractivity contribution in [2.75, 3.05) is 26.9 Å². The van der Waals surface area contributed by atoms with Gasteiger partial charge >= 0.3 is 0 Å². The molecule has 1 aromatic heterocycles. The Kier molecular flexibility index (Phi) is 11.7. The zero-order valence-corrected chi connectivity index (χ0v) is 19.8. The molecule has 31 heavy (non-hydrogen) atoms. The van der Waals surface area contributed by atoms with E-state index in [1.807, 2.05) is 12.1 Å². The van der Waals surface area contributed by atoms with Crippen LogP contribution in [-0.2, 0) is 11.3 Å². The second-order valence-electron chi connectivity index (χ2n) is 6.10. The van der Waals surface area contributed by atoms with Crippen molar-refractivity contribution in [2.45, 2.75) is 19.3 Å². The van der Waals surface area contributed by atoms with E-state index in [0.29, 0.717) is 47.1 Å². The molecule has 0 N–H and O–H groups in total. The highest BCUT2D eigenvalue weighted by Crippen LogP contribution is 2.37. The van der Waals surface area contributed by atoms with Crippen molar-refractivity contribution < 1.29 is 19.0 Å². The van der Waals surface area contributed by atoms with Crippen LogP contribution in [0.3, 0.4) is 0 Å². The fourth-order valence-corrected chi connectivity index (χ4v) is 3.05. The number of hydrogen-bond donors (Lipinski definition) is 0. The van der Waals surface area contributed by atoms with Gasteiger partial charge in [-0.05, 0) is 24.5 Å². The summed E-state index contributed by atoms with van der Waals surface area (Å²) in [7, 11) is 1.51. The summed E-state index contributed by atoms with van der Waals surface area (Å²) in [5.41, 5.74) is 1.02. The van der Waals surface area contributed by atoms with E-state index in [1.54, 1.807) is 24.5 Å². The van der Waals surface area contributed by atoms with Crippen LogP contribution in [0, 0.1) is 0 Å². The van der Waals surface area contributed by atoms with E-state index in [0.717, 1.165) is 18.4 Å². The lowest BCUT2D eigenvalue weighted by Crippen LogP contribution is -2.04. The Bertz CT molecular complexity index is 849. The summed E-state index contributed by atoms with van der Waals surface area (Å²) in [6, 6.07) is 7.01. The van der Waals surface area contributed by atoms with Gasteiger partial charge in [-0.1, -0.05) is 57.6 Å². The molecule has 10 heteroatoms. The molecular formula is C21H22Cl4N2O4. The summed E-state index contributed by atoms with van der Waals surface area (Å²) in [6.07, 6.45) is 7.12. The van der Waals surface area contributed by atoms with Gasteiger partial charge in [-0.3, -0.25) is 0 Å². The number of nitrogens with zero attached hydrogens (tertiary/aromatic N) is 2. The third-order valence-electron chi connectivity index (χ3n) is 3.80. The highest BCUT2D eigenvalue weighted by atomic mass is 35.5. The number of pyridine rings is 1. The van der Waals surface area contributed by atoms with Gasteiger partial charge in [0, 0.05) is 37.0 Å². The zero-order chi connectivity index (χ0) is 22.5. The molecule has 0 unspecified atom stereocenters. The molecule has 6 nitrogen and oxygen atoms in total. The maximum atomic E-state index is 6.24. The van der Waals surface area contributed by atoms with Crippen LogP contribution in [0.4, 0.5) is 0 Å². The first-order valence-corrected chi connectivity index (χ1v) is 10.9. The van der Waals surface area contributed by atoms with E-state index in [1.165, 1.54) is 13.2 Å². The van der Waals surface area contributed by atoms with Crippen molar-refractivity contribution in [1.82, 2.24) is 4.98 Å². The molecule has 0 aliphatic carbocycles. The molecule has 1 aromatic carbocycles. The summed E-state index contributed by atoms with van der Waals surface area (Å²) >= 11 is 23.6. The lowest BCUT2D eigenvalue weighted by molar-refractivity contribution is 0.215. The number of oxime groups is 1. The molecule has 0 bridgehead atoms. The third kappa shape index (κ3) is 9.87. The molecule has 0 amide bonds. The number of rotatable bonds is 13. The predicted octanol–water partition coefficient (Wildman–Crippen LogP) is 6.50. The maximum Gasteiger partial charge on any atom is 0.213 e. The Hall–Kier alpha value is -1.86. The van der Waals surface area contributed by atoms with Gasteiger partial charge in [0.25, 0.3) is 0 Å². The SMILES string of the molecule is CON=CCc1ccc(OCCCCOc2c(Cl)cc(OCC=C(Cl)Cl)cc2Cl)nc1. The second kappa shape index (κ2) is 14.2. The first-order chi connectivity index (χ1) is 15.0. The van der Waals surface area contributed by atoms with Crippen molar-refractivity contribution in [3.05, 3.63) is 56.6 Å². The minimum atomic E-state index is 0.127. The van der Waals surface area contributed by atoms with Crippen molar-refractivity contribution >= 4 is 52.6 Å². The quantitative estimate of drug-likeness (QED) is 0.176. The molecular weight excluding hydrogens is 486 g/mol. The van der Waals surface area contributed by atoms with Crippen LogP contribution in [0.1, 0.15) is 18.4 Å². The first-order valence-electron chi connectivity index (χ1n) is 9.38. The molecule has 2 rings (SSSR count). The Morgan fingerprint density at radius 2 is 1.74 bits per heavy atom. The Morgan fingerprint density at radius 3 is 2.35 bits per heavy atom. The summed E-state index contributed by atoms with van der Waals surface area (Å²) in [5.74, 6) is 1.48. The van der Waals surface area contributed by atoms with Crippen molar-refractivity contribution in [2.24, 2.45) is 5.16 Å². The largest absolute Gasteiger partial charge is 0.490 e. The summed E-state index contributed by atoms with van der Waals surface area (Å²) in [4.78, 5) is 8.89. The van der Waals surface area contributed by atoms with Crippen molar-refractivity contribution in [3.8, 4) is 17.4 Å². The monoisotopic (exact) mass is 506 g/mol. The molecule has 0 radical (unpaired) electrons. The van der Waals surface area contributed by atoms with E-state index in [4.69, 9.17) is 60.6 Å². The molecule has 2 aromatic rings. The Morgan fingerprint density at radius 1 is 1.03 bits per heavy atom. The summed E-state index contributed by atoms with van der Waals surface area (Å²) in [5, 5.41) is 4.41. The molecule has 1 heterocycles. The highest BCUT2D eigenvalue weighted by Gasteiger charge is 2.10. The van der Waals surface area contributed by atoms with Gasteiger partial charge in [0.2, 0.25) is 5.88 Å². The van der Waals surface area contributed by atoms with E-state index in [9.17, 15) is 0 Å². The third-order valence-corrected chi connectivity index (χ3v) is 4.67. The van der Waals surface area contributed by atoms with E-state index >= 15 is 0 Å².